The van der Waals surface area contributed by atoms with E-state index in [0.717, 1.165) is 6.11 Å². The Morgan fingerprint density at radius 3 is 2.29 bits per heavy atom. The second-order valence-corrected chi connectivity index (χ2v) is 3.49. The summed E-state index contributed by atoms with van der Waals surface area (Å²) < 4.78 is 44.0. The maximum absolute atomic E-state index is 13.7. The molecular weight excluding hydrogens is 233 g/mol. The molecule has 1 unspecified atom stereocenters. The molecule has 0 fully saturated rings. The summed E-state index contributed by atoms with van der Waals surface area (Å²) >= 11 is 0. The number of halogens is 3. The lowest BCUT2D eigenvalue weighted by Gasteiger charge is -2.25. The van der Waals surface area contributed by atoms with E-state index in [4.69, 9.17) is 5.11 Å². The summed E-state index contributed by atoms with van der Waals surface area (Å²) in [7, 11) is 0. The van der Waals surface area contributed by atoms with Gasteiger partial charge in [0.1, 0.15) is 6.11 Å². The van der Waals surface area contributed by atoms with E-state index in [1.54, 1.807) is 30.3 Å². The van der Waals surface area contributed by atoms with Crippen molar-refractivity contribution in [1.82, 2.24) is 0 Å². The van der Waals surface area contributed by atoms with Gasteiger partial charge in [-0.15, -0.1) is 0 Å². The molecule has 1 aromatic carbocycles. The second-order valence-electron chi connectivity index (χ2n) is 3.49. The van der Waals surface area contributed by atoms with Crippen molar-refractivity contribution in [1.29, 1.82) is 0 Å². The number of ether oxygens (including phenoxy) is 1. The minimum Gasteiger partial charge on any atom is -0.462 e. The normalized spacial score (nSPS) is 14.6. The van der Waals surface area contributed by atoms with E-state index >= 15 is 0 Å². The van der Waals surface area contributed by atoms with Crippen molar-refractivity contribution >= 4 is 0 Å². The summed E-state index contributed by atoms with van der Waals surface area (Å²) in [4.78, 5) is 0. The first-order valence-electron chi connectivity index (χ1n) is 4.80. The van der Waals surface area contributed by atoms with Crippen LogP contribution < -0.4 is 0 Å². The average molecular weight is 244 g/mol. The molecule has 0 heterocycles. The van der Waals surface area contributed by atoms with Crippen molar-refractivity contribution < 1.29 is 23.0 Å². The van der Waals surface area contributed by atoms with Gasteiger partial charge in [0.15, 0.2) is 0 Å². The molecule has 0 saturated heterocycles. The van der Waals surface area contributed by atoms with Crippen molar-refractivity contribution in [3.8, 4) is 12.0 Å². The van der Waals surface area contributed by atoms with Gasteiger partial charge in [-0.3, -0.25) is 0 Å². The number of rotatable bonds is 4. The Bertz CT molecular complexity index is 417. The first kappa shape index (κ1) is 13.4. The Kier molecular flexibility index (Phi) is 4.02. The van der Waals surface area contributed by atoms with Crippen LogP contribution in [0.1, 0.15) is 12.5 Å². The molecule has 0 spiro atoms. The van der Waals surface area contributed by atoms with E-state index < -0.39 is 11.8 Å². The Morgan fingerprint density at radius 1 is 1.24 bits per heavy atom. The number of alkyl halides is 3. The van der Waals surface area contributed by atoms with E-state index in [9.17, 15) is 13.2 Å². The van der Waals surface area contributed by atoms with Crippen molar-refractivity contribution in [2.45, 2.75) is 25.3 Å². The van der Waals surface area contributed by atoms with Crippen LogP contribution in [0.5, 0.6) is 0 Å². The molecular formula is C12H11F3O2. The van der Waals surface area contributed by atoms with E-state index in [-0.39, 0.29) is 6.61 Å². The molecule has 1 aromatic rings. The lowest BCUT2D eigenvalue weighted by atomic mass is 10.2. The molecule has 0 aromatic heterocycles. The summed E-state index contributed by atoms with van der Waals surface area (Å²) in [5.74, 6) is -6.00. The van der Waals surface area contributed by atoms with Crippen molar-refractivity contribution in [2.24, 2.45) is 0 Å². The maximum atomic E-state index is 13.7. The minimum absolute atomic E-state index is 0.336. The summed E-state index contributed by atoms with van der Waals surface area (Å²) in [5, 5.41) is 8.25. The zero-order valence-corrected chi connectivity index (χ0v) is 9.08. The second kappa shape index (κ2) is 5.11. The van der Waals surface area contributed by atoms with Crippen LogP contribution in [0.25, 0.3) is 0 Å². The van der Waals surface area contributed by atoms with Crippen LogP contribution in [0.2, 0.25) is 0 Å². The van der Waals surface area contributed by atoms with Crippen LogP contribution in [0.3, 0.4) is 0 Å². The van der Waals surface area contributed by atoms with E-state index in [1.807, 2.05) is 0 Å². The summed E-state index contributed by atoms with van der Waals surface area (Å²) in [6.07, 6.45) is 1.12. The molecule has 0 radical (unpaired) electrons. The third-order valence-electron chi connectivity index (χ3n) is 2.06. The summed E-state index contributed by atoms with van der Waals surface area (Å²) in [6.45, 7) is -0.0300. The number of hydrogen-bond acceptors (Lipinski definition) is 2. The first-order chi connectivity index (χ1) is 7.89. The lowest BCUT2D eigenvalue weighted by molar-refractivity contribution is -0.240. The van der Waals surface area contributed by atoms with Crippen LogP contribution in [0.4, 0.5) is 13.2 Å². The topological polar surface area (TPSA) is 29.5 Å². The fourth-order valence-electron chi connectivity index (χ4n) is 1.10. The highest BCUT2D eigenvalue weighted by molar-refractivity contribution is 5.15. The lowest BCUT2D eigenvalue weighted by Crippen LogP contribution is -2.43. The van der Waals surface area contributed by atoms with Gasteiger partial charge in [0.25, 0.3) is 0 Å². The highest BCUT2D eigenvalue weighted by atomic mass is 19.3. The molecule has 1 N–H and O–H groups in total. The molecule has 0 amide bonds. The SMILES string of the molecule is CC(F)(F)C(F)(C#CO)OCc1ccccc1. The van der Waals surface area contributed by atoms with Gasteiger partial charge in [-0.05, 0) is 5.56 Å². The van der Waals surface area contributed by atoms with Crippen LogP contribution in [-0.2, 0) is 11.3 Å². The molecule has 0 saturated carbocycles. The highest BCUT2D eigenvalue weighted by Gasteiger charge is 2.52. The third-order valence-corrected chi connectivity index (χ3v) is 2.06. The molecule has 17 heavy (non-hydrogen) atoms. The Hall–Kier alpha value is -1.67. The number of aliphatic hydroxyl groups excluding tert-OH is 1. The molecule has 0 aliphatic heterocycles. The van der Waals surface area contributed by atoms with Crippen molar-refractivity contribution in [2.75, 3.05) is 0 Å². The van der Waals surface area contributed by atoms with E-state index in [2.05, 4.69) is 4.74 Å². The zero-order valence-electron chi connectivity index (χ0n) is 9.08. The van der Waals surface area contributed by atoms with Gasteiger partial charge < -0.3 is 9.84 Å². The van der Waals surface area contributed by atoms with Gasteiger partial charge in [-0.25, -0.2) is 0 Å². The van der Waals surface area contributed by atoms with Crippen molar-refractivity contribution in [3.05, 3.63) is 35.9 Å². The van der Waals surface area contributed by atoms with Crippen LogP contribution in [-0.4, -0.2) is 16.9 Å². The molecule has 1 rings (SSSR count). The van der Waals surface area contributed by atoms with Crippen LogP contribution in [0.15, 0.2) is 30.3 Å². The van der Waals surface area contributed by atoms with Crippen LogP contribution in [0, 0.1) is 12.0 Å². The summed E-state index contributed by atoms with van der Waals surface area (Å²) in [6, 6.07) is 8.26. The molecule has 5 heteroatoms. The number of benzene rings is 1. The molecule has 92 valence electrons. The smallest absolute Gasteiger partial charge is 0.339 e. The minimum atomic E-state index is -3.84. The molecule has 1 atom stereocenters. The van der Waals surface area contributed by atoms with Gasteiger partial charge in [0, 0.05) is 12.8 Å². The standard InChI is InChI=1S/C12H11F3O2/c1-11(13,14)12(15,7-8-16)17-9-10-5-3-2-4-6-10/h2-6,16H,9H2,1H3. The summed E-state index contributed by atoms with van der Waals surface area (Å²) in [5.41, 5.74) is 0.526. The quantitative estimate of drug-likeness (QED) is 0.825. The average Bonchev–Trinajstić information content (AvgIpc) is 2.27. The van der Waals surface area contributed by atoms with Gasteiger partial charge in [0.05, 0.1) is 6.61 Å². The number of aliphatic hydroxyl groups is 1. The largest absolute Gasteiger partial charge is 0.462 e. The Balaban J connectivity index is 2.78. The van der Waals surface area contributed by atoms with Crippen LogP contribution >= 0.6 is 0 Å². The van der Waals surface area contributed by atoms with Gasteiger partial charge in [0.2, 0.25) is 0 Å². The van der Waals surface area contributed by atoms with Crippen molar-refractivity contribution in [3.63, 3.8) is 0 Å². The third kappa shape index (κ3) is 3.40. The monoisotopic (exact) mass is 244 g/mol. The maximum Gasteiger partial charge on any atom is 0.339 e. The Morgan fingerprint density at radius 2 is 1.82 bits per heavy atom. The predicted molar refractivity (Wildman–Crippen MR) is 55.4 cm³/mol. The molecule has 0 aliphatic rings. The fraction of sp³-hybridized carbons (Fsp3) is 0.333. The van der Waals surface area contributed by atoms with Gasteiger partial charge in [-0.1, -0.05) is 30.3 Å². The molecule has 0 aliphatic carbocycles. The van der Waals surface area contributed by atoms with Gasteiger partial charge in [-0.2, -0.15) is 13.2 Å². The first-order valence-corrected chi connectivity index (χ1v) is 4.80. The fourth-order valence-corrected chi connectivity index (χ4v) is 1.10. The predicted octanol–water partition coefficient (Wildman–Crippen LogP) is 2.86. The van der Waals surface area contributed by atoms with E-state index in [0.29, 0.717) is 12.5 Å². The highest BCUT2D eigenvalue weighted by Crippen LogP contribution is 2.33. The molecule has 0 bridgehead atoms. The Labute approximate surface area is 97.0 Å². The zero-order chi connectivity index (χ0) is 12.9. The molecule has 2 nitrogen and oxygen atoms in total. The van der Waals surface area contributed by atoms with Gasteiger partial charge >= 0.3 is 11.8 Å². The number of hydrogen-bond donors (Lipinski definition) is 1. The van der Waals surface area contributed by atoms with E-state index in [1.165, 1.54) is 5.92 Å².